The number of hydrogen-bond acceptors (Lipinski definition) is 3. The summed E-state index contributed by atoms with van der Waals surface area (Å²) in [5, 5.41) is 2.98. The molecule has 1 amide bonds. The van der Waals surface area contributed by atoms with Crippen LogP contribution in [-0.4, -0.2) is 23.1 Å². The van der Waals surface area contributed by atoms with Crippen molar-refractivity contribution in [1.82, 2.24) is 4.98 Å². The molecule has 2 heterocycles. The summed E-state index contributed by atoms with van der Waals surface area (Å²) in [5.74, 6) is 1.22. The number of amides is 1. The summed E-state index contributed by atoms with van der Waals surface area (Å²) in [5.41, 5.74) is -0.545. The third-order valence-electron chi connectivity index (χ3n) is 6.53. The third kappa shape index (κ3) is 1.54. The van der Waals surface area contributed by atoms with E-state index < -0.39 is 5.60 Å². The third-order valence-corrected chi connectivity index (χ3v) is 7.17. The molecule has 0 spiro atoms. The van der Waals surface area contributed by atoms with E-state index in [-0.39, 0.29) is 16.7 Å². The second-order valence-electron chi connectivity index (χ2n) is 7.12. The molecule has 21 heavy (non-hydrogen) atoms. The molecule has 1 aromatic rings. The Morgan fingerprint density at radius 2 is 2.29 bits per heavy atom. The van der Waals surface area contributed by atoms with Crippen molar-refractivity contribution >= 4 is 34.3 Å². The molecule has 3 fully saturated rings. The number of aromatic nitrogens is 1. The lowest BCUT2D eigenvalue weighted by Gasteiger charge is -2.39. The van der Waals surface area contributed by atoms with Gasteiger partial charge in [-0.3, -0.25) is 4.79 Å². The molecule has 4 atom stereocenters. The maximum atomic E-state index is 12.9. The first-order valence-corrected chi connectivity index (χ1v) is 8.56. The van der Waals surface area contributed by atoms with Crippen LogP contribution in [0.15, 0.2) is 18.3 Å². The van der Waals surface area contributed by atoms with Crippen molar-refractivity contribution in [2.75, 3.05) is 11.9 Å². The van der Waals surface area contributed by atoms with Gasteiger partial charge < -0.3 is 10.1 Å². The van der Waals surface area contributed by atoms with Crippen molar-refractivity contribution in [3.63, 3.8) is 0 Å². The van der Waals surface area contributed by atoms with E-state index >= 15 is 0 Å². The number of hydrogen-bond donors (Lipinski definition) is 1. The molecule has 1 N–H and O–H groups in total. The van der Waals surface area contributed by atoms with Crippen LogP contribution in [-0.2, 0) is 9.53 Å². The van der Waals surface area contributed by atoms with E-state index in [1.54, 1.807) is 6.20 Å². The summed E-state index contributed by atoms with van der Waals surface area (Å²) in [7, 11) is 0. The van der Waals surface area contributed by atoms with E-state index in [0.29, 0.717) is 18.3 Å². The minimum absolute atomic E-state index is 0.00960. The van der Waals surface area contributed by atoms with E-state index in [0.717, 1.165) is 16.4 Å². The SMILES string of the molecule is CC12COC3(C(=O)Nc4ccc(I)cn4)CC1CCC32C. The van der Waals surface area contributed by atoms with Crippen molar-refractivity contribution in [2.24, 2.45) is 16.7 Å². The van der Waals surface area contributed by atoms with Crippen LogP contribution in [0.25, 0.3) is 0 Å². The zero-order valence-corrected chi connectivity index (χ0v) is 14.4. The lowest BCUT2D eigenvalue weighted by molar-refractivity contribution is -0.149. The second-order valence-corrected chi connectivity index (χ2v) is 8.37. The molecule has 4 unspecified atom stereocenters. The molecule has 4 rings (SSSR count). The minimum atomic E-state index is -0.657. The fourth-order valence-electron chi connectivity index (χ4n) is 4.92. The van der Waals surface area contributed by atoms with Crippen molar-refractivity contribution in [3.8, 4) is 0 Å². The Hall–Kier alpha value is -0.690. The Kier molecular flexibility index (Phi) is 2.78. The molecule has 4 nitrogen and oxygen atoms in total. The Labute approximate surface area is 138 Å². The molecule has 1 aliphatic heterocycles. The quantitative estimate of drug-likeness (QED) is 0.779. The fourth-order valence-corrected chi connectivity index (χ4v) is 5.24. The van der Waals surface area contributed by atoms with Gasteiger partial charge in [0.1, 0.15) is 5.82 Å². The molecule has 3 aliphatic rings. The van der Waals surface area contributed by atoms with Gasteiger partial charge >= 0.3 is 0 Å². The van der Waals surface area contributed by atoms with Crippen molar-refractivity contribution in [3.05, 3.63) is 21.9 Å². The number of anilines is 1. The van der Waals surface area contributed by atoms with E-state index in [1.807, 2.05) is 12.1 Å². The molecule has 112 valence electrons. The van der Waals surface area contributed by atoms with E-state index in [9.17, 15) is 4.79 Å². The van der Waals surface area contributed by atoms with Crippen LogP contribution in [0, 0.1) is 20.3 Å². The lowest BCUT2D eigenvalue weighted by atomic mass is 9.66. The highest BCUT2D eigenvalue weighted by Gasteiger charge is 2.78. The van der Waals surface area contributed by atoms with E-state index in [2.05, 4.69) is 46.7 Å². The fraction of sp³-hybridized carbons (Fsp3) is 0.625. The summed E-state index contributed by atoms with van der Waals surface area (Å²) in [6.07, 6.45) is 4.93. The van der Waals surface area contributed by atoms with Gasteiger partial charge in [-0.25, -0.2) is 4.98 Å². The van der Waals surface area contributed by atoms with Crippen LogP contribution in [0.3, 0.4) is 0 Å². The standard InChI is InChI=1S/C16H19IN2O2/c1-14-9-21-16(7-10(14)5-6-15(14,16)2)13(20)19-12-4-3-11(17)8-18-12/h3-4,8,10H,5-7,9H2,1-2H3,(H,18,19,20). The number of pyridine rings is 1. The first-order valence-electron chi connectivity index (χ1n) is 7.48. The molecule has 1 aromatic heterocycles. The smallest absolute Gasteiger partial charge is 0.258 e. The average Bonchev–Trinajstić information content (AvgIpc) is 2.93. The van der Waals surface area contributed by atoms with E-state index in [4.69, 9.17) is 4.74 Å². The van der Waals surface area contributed by atoms with Crippen LogP contribution in [0.2, 0.25) is 0 Å². The number of carbonyl (C=O) groups excluding carboxylic acids is 1. The molecule has 2 saturated carbocycles. The van der Waals surface area contributed by atoms with Gasteiger partial charge in [-0.15, -0.1) is 0 Å². The predicted molar refractivity (Wildman–Crippen MR) is 87.8 cm³/mol. The first kappa shape index (κ1) is 13.9. The number of rotatable bonds is 2. The van der Waals surface area contributed by atoms with Gasteiger partial charge in [-0.2, -0.15) is 0 Å². The zero-order valence-electron chi connectivity index (χ0n) is 12.3. The molecule has 4 bridgehead atoms. The number of halogens is 1. The molecular formula is C16H19IN2O2. The number of carbonyl (C=O) groups is 1. The molecule has 2 aliphatic carbocycles. The van der Waals surface area contributed by atoms with Crippen LogP contribution in [0.4, 0.5) is 5.82 Å². The zero-order chi connectivity index (χ0) is 14.9. The molecule has 0 aromatic carbocycles. The topological polar surface area (TPSA) is 51.2 Å². The monoisotopic (exact) mass is 398 g/mol. The Morgan fingerprint density at radius 3 is 2.90 bits per heavy atom. The largest absolute Gasteiger partial charge is 0.364 e. The van der Waals surface area contributed by atoms with Gasteiger partial charge in [0.15, 0.2) is 5.60 Å². The van der Waals surface area contributed by atoms with Gasteiger partial charge in [0.2, 0.25) is 0 Å². The van der Waals surface area contributed by atoms with Crippen molar-refractivity contribution < 1.29 is 9.53 Å². The Morgan fingerprint density at radius 1 is 1.48 bits per heavy atom. The predicted octanol–water partition coefficient (Wildman–Crippen LogP) is 3.22. The number of nitrogens with one attached hydrogen (secondary N) is 1. The van der Waals surface area contributed by atoms with Crippen LogP contribution >= 0.6 is 22.6 Å². The van der Waals surface area contributed by atoms with Gasteiger partial charge in [-0.05, 0) is 59.9 Å². The number of nitrogens with zero attached hydrogens (tertiary/aromatic N) is 1. The van der Waals surface area contributed by atoms with Crippen molar-refractivity contribution in [2.45, 2.75) is 38.7 Å². The van der Waals surface area contributed by atoms with Crippen LogP contribution in [0.5, 0.6) is 0 Å². The first-order chi connectivity index (χ1) is 9.91. The lowest BCUT2D eigenvalue weighted by Crippen LogP contribution is -2.52. The molecule has 5 heteroatoms. The maximum Gasteiger partial charge on any atom is 0.258 e. The van der Waals surface area contributed by atoms with Gasteiger partial charge in [0, 0.05) is 20.6 Å². The molecular weight excluding hydrogens is 379 g/mol. The molecule has 1 saturated heterocycles. The second kappa shape index (κ2) is 4.19. The van der Waals surface area contributed by atoms with E-state index in [1.165, 1.54) is 6.42 Å². The van der Waals surface area contributed by atoms with Crippen LogP contribution < -0.4 is 5.32 Å². The summed E-state index contributed by atoms with van der Waals surface area (Å²) >= 11 is 2.20. The summed E-state index contributed by atoms with van der Waals surface area (Å²) < 4.78 is 7.15. The summed E-state index contributed by atoms with van der Waals surface area (Å²) in [4.78, 5) is 17.2. The maximum absolute atomic E-state index is 12.9. The average molecular weight is 398 g/mol. The Balaban J connectivity index is 1.65. The van der Waals surface area contributed by atoms with Crippen molar-refractivity contribution in [1.29, 1.82) is 0 Å². The highest BCUT2D eigenvalue weighted by molar-refractivity contribution is 14.1. The summed E-state index contributed by atoms with van der Waals surface area (Å²) in [6, 6.07) is 3.79. The normalized spacial score (nSPS) is 43.3. The van der Waals surface area contributed by atoms with Gasteiger partial charge in [0.05, 0.1) is 6.61 Å². The van der Waals surface area contributed by atoms with Crippen LogP contribution in [0.1, 0.15) is 33.1 Å². The highest BCUT2D eigenvalue weighted by atomic mass is 127. The highest BCUT2D eigenvalue weighted by Crippen LogP contribution is 2.75. The minimum Gasteiger partial charge on any atom is -0.364 e. The molecule has 0 radical (unpaired) electrons. The number of ether oxygens (including phenoxy) is 1. The van der Waals surface area contributed by atoms with Gasteiger partial charge in [-0.1, -0.05) is 13.8 Å². The van der Waals surface area contributed by atoms with Gasteiger partial charge in [0.25, 0.3) is 5.91 Å². The summed E-state index contributed by atoms with van der Waals surface area (Å²) in [6.45, 7) is 5.26. The Bertz CT molecular complexity index is 619.